The quantitative estimate of drug-likeness (QED) is 0.227. The van der Waals surface area contributed by atoms with Crippen LogP contribution in [-0.2, 0) is 42.4 Å². The number of anilines is 3. The van der Waals surface area contributed by atoms with Crippen LogP contribution in [0.2, 0.25) is 0 Å². The third kappa shape index (κ3) is 6.19. The first kappa shape index (κ1) is 32.3. The average molecular weight is 666 g/mol. The molecule has 1 fully saturated rings. The van der Waals surface area contributed by atoms with Gasteiger partial charge in [-0.1, -0.05) is 32.0 Å². The number of nitrogens with one attached hydrogen (secondary N) is 1. The molecule has 250 valence electrons. The van der Waals surface area contributed by atoms with Crippen LogP contribution in [0.25, 0.3) is 11.1 Å². The third-order valence-corrected chi connectivity index (χ3v) is 11.4. The van der Waals surface area contributed by atoms with Gasteiger partial charge >= 0.3 is 5.97 Å². The van der Waals surface area contributed by atoms with E-state index in [1.54, 1.807) is 29.1 Å². The molecule has 0 radical (unpaired) electrons. The Bertz CT molecular complexity index is 1950. The number of amides is 1. The van der Waals surface area contributed by atoms with Crippen molar-refractivity contribution in [2.24, 2.45) is 12.5 Å². The van der Waals surface area contributed by atoms with Crippen LogP contribution in [0.4, 0.5) is 17.2 Å². The molecule has 1 aromatic carbocycles. The first-order valence-electron chi connectivity index (χ1n) is 16.8. The molecule has 0 saturated carbocycles. The van der Waals surface area contributed by atoms with E-state index in [-0.39, 0.29) is 23.5 Å². The fourth-order valence-corrected chi connectivity index (χ4v) is 9.14. The van der Waals surface area contributed by atoms with Crippen LogP contribution in [0.1, 0.15) is 76.3 Å². The summed E-state index contributed by atoms with van der Waals surface area (Å²) < 4.78 is 7.12. The van der Waals surface area contributed by atoms with Gasteiger partial charge in [0.15, 0.2) is 0 Å². The Balaban J connectivity index is 1.21. The highest BCUT2D eigenvalue weighted by Crippen LogP contribution is 2.46. The van der Waals surface area contributed by atoms with E-state index in [4.69, 9.17) is 4.74 Å². The van der Waals surface area contributed by atoms with Crippen molar-refractivity contribution >= 4 is 40.4 Å². The van der Waals surface area contributed by atoms with Gasteiger partial charge in [0.1, 0.15) is 18.1 Å². The second-order valence-corrected chi connectivity index (χ2v) is 15.5. The second-order valence-electron chi connectivity index (χ2n) is 14.4. The molecule has 0 bridgehead atoms. The van der Waals surface area contributed by atoms with E-state index in [9.17, 15) is 14.4 Å². The number of aromatic nitrogens is 2. The highest BCUT2D eigenvalue weighted by Gasteiger charge is 2.38. The van der Waals surface area contributed by atoms with Crippen molar-refractivity contribution in [3.63, 3.8) is 0 Å². The fourth-order valence-electron chi connectivity index (χ4n) is 7.56. The number of nitrogens with zero attached hydrogens (tertiary/aromatic N) is 4. The predicted molar refractivity (Wildman–Crippen MR) is 190 cm³/mol. The van der Waals surface area contributed by atoms with E-state index >= 15 is 0 Å². The summed E-state index contributed by atoms with van der Waals surface area (Å²) in [5, 5.41) is 3.25. The minimum Gasteiger partial charge on any atom is -0.461 e. The van der Waals surface area contributed by atoms with Crippen LogP contribution in [0.5, 0.6) is 0 Å². The molecule has 3 aromatic heterocycles. The lowest BCUT2D eigenvalue weighted by Crippen LogP contribution is -2.38. The largest absolute Gasteiger partial charge is 0.461 e. The second kappa shape index (κ2) is 12.6. The van der Waals surface area contributed by atoms with E-state index in [0.29, 0.717) is 29.7 Å². The predicted octanol–water partition coefficient (Wildman–Crippen LogP) is 6.45. The van der Waals surface area contributed by atoms with Gasteiger partial charge in [0, 0.05) is 48.9 Å². The number of aryl methyl sites for hydroxylation is 1. The lowest BCUT2D eigenvalue weighted by atomic mass is 9.89. The topological polar surface area (TPSA) is 96.8 Å². The van der Waals surface area contributed by atoms with E-state index < -0.39 is 5.97 Å². The van der Waals surface area contributed by atoms with Crippen LogP contribution in [0, 0.1) is 5.41 Å². The number of rotatable bonds is 7. The molecule has 7 rings (SSSR count). The van der Waals surface area contributed by atoms with Crippen molar-refractivity contribution in [1.82, 2.24) is 14.5 Å². The number of esters is 1. The summed E-state index contributed by atoms with van der Waals surface area (Å²) >= 11 is 1.64. The number of pyridine rings is 2. The zero-order valence-corrected chi connectivity index (χ0v) is 29.2. The minimum atomic E-state index is -0.405. The number of thiophene rings is 1. The fraction of sp³-hybridized carbons (Fsp3) is 0.421. The Kier molecular flexibility index (Phi) is 8.49. The first-order chi connectivity index (χ1) is 23.0. The summed E-state index contributed by atoms with van der Waals surface area (Å²) in [5.74, 6) is 0.675. The van der Waals surface area contributed by atoms with Crippen LogP contribution < -0.4 is 15.8 Å². The summed E-state index contributed by atoms with van der Waals surface area (Å²) in [5.41, 5.74) is 7.21. The summed E-state index contributed by atoms with van der Waals surface area (Å²) in [6.45, 7) is 8.67. The van der Waals surface area contributed by atoms with Crippen molar-refractivity contribution < 1.29 is 14.3 Å². The highest BCUT2D eigenvalue weighted by molar-refractivity contribution is 7.14. The molecular weight excluding hydrogens is 623 g/mol. The molecule has 0 unspecified atom stereocenters. The van der Waals surface area contributed by atoms with Gasteiger partial charge in [-0.25, -0.2) is 4.98 Å². The smallest absolute Gasteiger partial charge is 0.302 e. The van der Waals surface area contributed by atoms with Crippen LogP contribution >= 0.6 is 11.3 Å². The number of carbonyl (C=O) groups excluding carboxylic acids is 2. The lowest BCUT2D eigenvalue weighted by Gasteiger charge is -2.30. The number of carbonyl (C=O) groups is 2. The molecule has 5 heterocycles. The van der Waals surface area contributed by atoms with Gasteiger partial charge in [-0.15, -0.1) is 11.3 Å². The Morgan fingerprint density at radius 3 is 2.58 bits per heavy atom. The molecule has 4 aromatic rings. The normalized spacial score (nSPS) is 17.7. The molecule has 3 aliphatic rings. The van der Waals surface area contributed by atoms with Gasteiger partial charge in [-0.3, -0.25) is 14.4 Å². The Morgan fingerprint density at radius 2 is 1.85 bits per heavy atom. The van der Waals surface area contributed by atoms with Gasteiger partial charge in [0.25, 0.3) is 11.5 Å². The number of fused-ring (bicyclic) bond motifs is 3. The molecular formula is C38H43N5O4S. The van der Waals surface area contributed by atoms with Gasteiger partial charge < -0.3 is 24.4 Å². The molecule has 1 aliphatic carbocycles. The highest BCUT2D eigenvalue weighted by atomic mass is 32.1. The molecule has 9 nitrogen and oxygen atoms in total. The number of hydrogen-bond donors (Lipinski definition) is 1. The monoisotopic (exact) mass is 665 g/mol. The standard InChI is InChI=1S/C38H43N5O4S/c1-23(44)47-22-30-27(7-6-8-32(30)43-16-13-28-29-18-38(2,3)19-33(29)48-35(28)37(43)46)26-17-31(36(45)42(5)21-26)40-34-10-9-25(20-39-34)24-11-14-41(4)15-12-24/h6-10,17,20-21,24H,11-16,18-19,22H2,1-5H3,(H,39,40). The molecule has 0 spiro atoms. The zero-order valence-electron chi connectivity index (χ0n) is 28.4. The van der Waals surface area contributed by atoms with E-state index in [1.165, 1.54) is 28.5 Å². The lowest BCUT2D eigenvalue weighted by molar-refractivity contribution is -0.142. The molecule has 1 saturated heterocycles. The van der Waals surface area contributed by atoms with Gasteiger partial charge in [-0.05, 0) is 104 Å². The van der Waals surface area contributed by atoms with Crippen LogP contribution in [-0.4, -0.2) is 53.0 Å². The SMILES string of the molecule is CC(=O)OCc1c(-c2cc(Nc3ccc(C4CCN(C)CC4)cn3)c(=O)n(C)c2)cccc1N1CCc2c(sc3c2CC(C)(C)C3)C1=O. The molecule has 48 heavy (non-hydrogen) atoms. The van der Waals surface area contributed by atoms with Crippen LogP contribution in [0.3, 0.4) is 0 Å². The number of piperidine rings is 1. The van der Waals surface area contributed by atoms with E-state index in [0.717, 1.165) is 66.8 Å². The third-order valence-electron chi connectivity index (χ3n) is 10.1. The van der Waals surface area contributed by atoms with Crippen molar-refractivity contribution in [2.75, 3.05) is 36.9 Å². The molecule has 0 atom stereocenters. The Morgan fingerprint density at radius 1 is 1.06 bits per heavy atom. The average Bonchev–Trinajstić information content (AvgIpc) is 3.55. The zero-order chi connectivity index (χ0) is 33.7. The van der Waals surface area contributed by atoms with Crippen molar-refractivity contribution in [1.29, 1.82) is 0 Å². The maximum atomic E-state index is 14.1. The number of benzene rings is 1. The van der Waals surface area contributed by atoms with Gasteiger partial charge in [-0.2, -0.15) is 0 Å². The van der Waals surface area contributed by atoms with E-state index in [2.05, 4.69) is 42.2 Å². The maximum absolute atomic E-state index is 14.1. The first-order valence-corrected chi connectivity index (χ1v) is 17.6. The summed E-state index contributed by atoms with van der Waals surface area (Å²) in [7, 11) is 3.87. The maximum Gasteiger partial charge on any atom is 0.302 e. The van der Waals surface area contributed by atoms with Gasteiger partial charge in [0.2, 0.25) is 0 Å². The molecule has 1 N–H and O–H groups in total. The van der Waals surface area contributed by atoms with E-state index in [1.807, 2.05) is 41.4 Å². The van der Waals surface area contributed by atoms with Gasteiger partial charge in [0.05, 0.1) is 10.6 Å². The Labute approximate surface area is 285 Å². The number of likely N-dealkylation sites (tertiary alicyclic amines) is 1. The number of hydrogen-bond acceptors (Lipinski definition) is 8. The molecule has 2 aliphatic heterocycles. The van der Waals surface area contributed by atoms with Crippen molar-refractivity contribution in [3.05, 3.63) is 91.2 Å². The van der Waals surface area contributed by atoms with Crippen molar-refractivity contribution in [2.45, 2.75) is 65.4 Å². The van der Waals surface area contributed by atoms with Crippen molar-refractivity contribution in [3.8, 4) is 11.1 Å². The van der Waals surface area contributed by atoms with Crippen LogP contribution in [0.15, 0.2) is 53.6 Å². The molecule has 10 heteroatoms. The summed E-state index contributed by atoms with van der Waals surface area (Å²) in [6, 6.07) is 11.6. The Hall–Kier alpha value is -4.28. The number of ether oxygens (including phenoxy) is 1. The minimum absolute atomic E-state index is 0.00180. The summed E-state index contributed by atoms with van der Waals surface area (Å²) in [4.78, 5) is 50.5. The molecule has 1 amide bonds. The summed E-state index contributed by atoms with van der Waals surface area (Å²) in [6.07, 6.45) is 8.72.